The normalized spacial score (nSPS) is 18.8. The number of hydrogen-bond donors (Lipinski definition) is 0. The first-order chi connectivity index (χ1) is 41.3. The zero-order valence-electron chi connectivity index (χ0n) is 55.6. The minimum atomic E-state index is -5.75. The van der Waals surface area contributed by atoms with Crippen molar-refractivity contribution < 1.29 is 72.6 Å². The van der Waals surface area contributed by atoms with Gasteiger partial charge in [-0.2, -0.15) is 21.6 Å². The third kappa shape index (κ3) is 20.7. The Bertz CT molecular complexity index is 2870. The van der Waals surface area contributed by atoms with E-state index < -0.39 is 43.4 Å². The number of carbonyl (C=O) groups is 1. The van der Waals surface area contributed by atoms with Gasteiger partial charge in [0, 0.05) is 62.2 Å². The smallest absolute Gasteiger partial charge is 0.492 e. The number of benzene rings is 4. The summed E-state index contributed by atoms with van der Waals surface area (Å²) in [5.74, 6) is 2.61. The van der Waals surface area contributed by atoms with Crippen LogP contribution in [0.1, 0.15) is 203 Å². The highest BCUT2D eigenvalue weighted by molar-refractivity contribution is 7.88. The van der Waals surface area contributed by atoms with Gasteiger partial charge in [-0.25, -0.2) is 4.79 Å². The summed E-state index contributed by atoms with van der Waals surface area (Å²) in [4.78, 5) is 12.0. The summed E-state index contributed by atoms with van der Waals surface area (Å²) in [6.45, 7) is 30.2. The Labute approximate surface area is 528 Å². The monoisotopic (exact) mass is 1290 g/mol. The Morgan fingerprint density at radius 2 is 0.886 bits per heavy atom. The van der Waals surface area contributed by atoms with Gasteiger partial charge in [0.2, 0.25) is 0 Å². The number of carbonyl (C=O) groups excluding carboxylic acids is 1. The highest BCUT2D eigenvalue weighted by atomic mass is 32.2. The molecule has 2 heterocycles. The number of methoxy groups -OCH3 is 3. The lowest BCUT2D eigenvalue weighted by Gasteiger charge is -2.43. The molecular weight excluding hydrogens is 1180 g/mol. The predicted molar refractivity (Wildman–Crippen MR) is 349 cm³/mol. The third-order valence-corrected chi connectivity index (χ3v) is 28.8. The Kier molecular flexibility index (Phi) is 27.9. The average Bonchev–Trinajstić information content (AvgIpc) is 2.36. The number of unbranched alkanes of at least 4 members (excludes halogenated alkanes) is 12. The Hall–Kier alpha value is -4.64. The first-order valence-corrected chi connectivity index (χ1v) is 38.9. The Morgan fingerprint density at radius 3 is 1.24 bits per heavy atom. The first-order valence-electron chi connectivity index (χ1n) is 31.7. The number of ether oxygens (including phenoxy) is 7. The molecule has 0 amide bonds. The van der Waals surface area contributed by atoms with Crippen molar-refractivity contribution in [1.29, 1.82) is 0 Å². The van der Waals surface area contributed by atoms with Gasteiger partial charge in [-0.1, -0.05) is 169 Å². The van der Waals surface area contributed by atoms with E-state index in [4.69, 9.17) is 42.0 Å². The lowest BCUT2D eigenvalue weighted by Crippen LogP contribution is -2.40. The number of fused-ring (bicyclic) bond motifs is 2. The van der Waals surface area contributed by atoms with Crippen LogP contribution in [0.15, 0.2) is 84.9 Å². The molecule has 0 N–H and O–H groups in total. The van der Waals surface area contributed by atoms with Crippen molar-refractivity contribution in [2.45, 2.75) is 223 Å². The summed E-state index contributed by atoms with van der Waals surface area (Å²) in [5, 5.41) is 0.506. The van der Waals surface area contributed by atoms with Crippen molar-refractivity contribution in [3.63, 3.8) is 0 Å². The van der Waals surface area contributed by atoms with E-state index in [9.17, 15) is 26.4 Å². The van der Waals surface area contributed by atoms with Crippen LogP contribution in [0, 0.1) is 0 Å². The van der Waals surface area contributed by atoms with Crippen molar-refractivity contribution in [3.8, 4) is 28.7 Å². The van der Waals surface area contributed by atoms with Crippen LogP contribution in [-0.4, -0.2) is 97.9 Å². The molecule has 88 heavy (non-hydrogen) atoms. The summed E-state index contributed by atoms with van der Waals surface area (Å²) >= 11 is 0. The van der Waals surface area contributed by atoms with Gasteiger partial charge in [-0.3, -0.25) is 0 Å². The van der Waals surface area contributed by atoms with Crippen molar-refractivity contribution in [2.24, 2.45) is 0 Å². The molecular formula is C69H105F3O13SSi2. The van der Waals surface area contributed by atoms with Gasteiger partial charge in [-0.05, 0) is 121 Å². The molecule has 0 aliphatic carbocycles. The van der Waals surface area contributed by atoms with E-state index in [1.54, 1.807) is 26.4 Å². The van der Waals surface area contributed by atoms with Gasteiger partial charge in [0.15, 0.2) is 30.2 Å². The zero-order valence-corrected chi connectivity index (χ0v) is 58.5. The molecule has 4 aromatic rings. The second kappa shape index (κ2) is 33.1. The van der Waals surface area contributed by atoms with Gasteiger partial charge in [0.25, 0.3) is 0 Å². The standard InChI is InChI=1S/C35H54O6Si.C34H51F3O7SSi/c1-34(2,3)42(7,8)41-23-15-13-11-9-10-12-14-16-31-30-22-21-29(40-26-37-5)24-32(30)39-25-35(31,4)28-19-17-27(18-20-28)33(36)38-6;1-32(2,3)46(6,7)43-22-14-12-10-8-9-11-13-15-30-29-21-20-28(42-25-40-5)23-31(29)41-24-33(30,4)26-16-18-27(19-17-26)44-45(38,39)34(35,36)37/h17-22,24,31H,9-16,23,25-26H2,1-8H3;16-21,23,30H,8-15,22,24-25H2,1-7H3/t31-,35-;/m1./s1. The van der Waals surface area contributed by atoms with Crippen molar-refractivity contribution in [3.05, 3.63) is 113 Å². The fourth-order valence-corrected chi connectivity index (χ4v) is 13.7. The molecule has 13 nitrogen and oxygen atoms in total. The minimum Gasteiger partial charge on any atom is -0.492 e. The Morgan fingerprint density at radius 1 is 0.534 bits per heavy atom. The first kappa shape index (κ1) is 74.1. The number of hydrogen-bond acceptors (Lipinski definition) is 13. The summed E-state index contributed by atoms with van der Waals surface area (Å²) < 4.78 is 117. The van der Waals surface area contributed by atoms with Crippen molar-refractivity contribution in [1.82, 2.24) is 0 Å². The van der Waals surface area contributed by atoms with E-state index >= 15 is 0 Å². The van der Waals surface area contributed by atoms with E-state index in [0.717, 1.165) is 99.4 Å². The van der Waals surface area contributed by atoms with Gasteiger partial charge in [0.1, 0.15) is 28.7 Å². The van der Waals surface area contributed by atoms with Crippen LogP contribution in [-0.2, 0) is 44.0 Å². The van der Waals surface area contributed by atoms with Gasteiger partial charge in [0.05, 0.1) is 25.9 Å². The topological polar surface area (TPSA) is 144 Å². The van der Waals surface area contributed by atoms with Crippen LogP contribution in [0.25, 0.3) is 0 Å². The van der Waals surface area contributed by atoms with Crippen LogP contribution < -0.4 is 23.1 Å². The van der Waals surface area contributed by atoms with E-state index in [2.05, 4.69) is 104 Å². The lowest BCUT2D eigenvalue weighted by molar-refractivity contribution is -0.0500. The van der Waals surface area contributed by atoms with E-state index in [1.807, 2.05) is 42.5 Å². The van der Waals surface area contributed by atoms with E-state index in [1.165, 1.54) is 75.3 Å². The van der Waals surface area contributed by atoms with Crippen molar-refractivity contribution >= 4 is 32.7 Å². The fourth-order valence-electron chi connectivity index (χ4n) is 11.1. The highest BCUT2D eigenvalue weighted by Crippen LogP contribution is 2.52. The van der Waals surface area contributed by atoms with E-state index in [-0.39, 0.29) is 46.9 Å². The minimum absolute atomic E-state index is 0.0471. The molecule has 494 valence electrons. The molecule has 0 spiro atoms. The quantitative estimate of drug-likeness (QED) is 0.0112. The summed E-state index contributed by atoms with van der Waals surface area (Å²) in [7, 11) is -4.49. The summed E-state index contributed by atoms with van der Waals surface area (Å²) in [6.07, 6.45) is 18.4. The summed E-state index contributed by atoms with van der Waals surface area (Å²) in [6, 6.07) is 25.5. The molecule has 4 atom stereocenters. The summed E-state index contributed by atoms with van der Waals surface area (Å²) in [5.41, 5.74) is -1.45. The molecule has 19 heteroatoms. The fraction of sp³-hybridized carbons (Fsp3) is 0.638. The second-order valence-electron chi connectivity index (χ2n) is 27.3. The SMILES string of the molecule is COCOc1ccc2c(c1)OCC(C)(c1ccc(OS(=O)(=O)C(F)(F)F)cc1)C2CCCCCCCCCO[Si](C)(C)C(C)(C)C.COCOc1ccc2c(c1)OC[C@](C)(c1ccc(C(=O)OC)cc1)[C@@H]2CCCCCCCCCO[Si](C)(C)C(C)(C)C. The largest absolute Gasteiger partial charge is 0.534 e. The average molecular weight is 1290 g/mol. The van der Waals surface area contributed by atoms with Crippen LogP contribution in [0.3, 0.4) is 0 Å². The van der Waals surface area contributed by atoms with E-state index in [0.29, 0.717) is 24.5 Å². The van der Waals surface area contributed by atoms with Gasteiger partial charge < -0.3 is 46.2 Å². The molecule has 2 unspecified atom stereocenters. The molecule has 0 saturated heterocycles. The molecule has 0 fully saturated rings. The Balaban J connectivity index is 0.000000322. The van der Waals surface area contributed by atoms with Crippen LogP contribution in [0.5, 0.6) is 28.7 Å². The van der Waals surface area contributed by atoms with Crippen LogP contribution in [0.2, 0.25) is 36.3 Å². The predicted octanol–water partition coefficient (Wildman–Crippen LogP) is 18.5. The molecule has 0 saturated carbocycles. The number of alkyl halides is 3. The number of halogens is 3. The maximum absolute atomic E-state index is 12.8. The molecule has 0 radical (unpaired) electrons. The third-order valence-electron chi connectivity index (χ3n) is 18.8. The molecule has 2 aliphatic rings. The lowest BCUT2D eigenvalue weighted by atomic mass is 9.66. The van der Waals surface area contributed by atoms with Crippen molar-refractivity contribution in [2.75, 3.05) is 61.3 Å². The van der Waals surface area contributed by atoms with Crippen LogP contribution in [0.4, 0.5) is 13.2 Å². The number of rotatable bonds is 33. The molecule has 0 aromatic heterocycles. The number of esters is 1. The molecule has 4 aromatic carbocycles. The molecule has 0 bridgehead atoms. The molecule has 2 aliphatic heterocycles. The maximum atomic E-state index is 12.8. The van der Waals surface area contributed by atoms with Crippen LogP contribution >= 0.6 is 0 Å². The zero-order chi connectivity index (χ0) is 65.0. The molecule has 6 rings (SSSR count). The van der Waals surface area contributed by atoms with Gasteiger partial charge in [-0.15, -0.1) is 0 Å². The second-order valence-corrected chi connectivity index (χ2v) is 38.5. The van der Waals surface area contributed by atoms with Gasteiger partial charge >= 0.3 is 21.6 Å². The maximum Gasteiger partial charge on any atom is 0.534 e. The highest BCUT2D eigenvalue weighted by Gasteiger charge is 2.49.